The smallest absolute Gasteiger partial charge is 0.237 e. The van der Waals surface area contributed by atoms with Crippen molar-refractivity contribution in [2.45, 2.75) is 11.7 Å². The van der Waals surface area contributed by atoms with Gasteiger partial charge in [-0.2, -0.15) is 0 Å². The third-order valence-corrected chi connectivity index (χ3v) is 4.47. The molecule has 0 N–H and O–H groups in total. The summed E-state index contributed by atoms with van der Waals surface area (Å²) in [4.78, 5) is 20.4. The fourth-order valence-corrected chi connectivity index (χ4v) is 2.68. The van der Waals surface area contributed by atoms with Crippen LogP contribution >= 0.6 is 22.3 Å². The van der Waals surface area contributed by atoms with Crippen molar-refractivity contribution in [1.82, 2.24) is 9.97 Å². The van der Waals surface area contributed by atoms with Crippen LogP contribution in [0.1, 0.15) is 6.42 Å². The number of rotatable bonds is 2. The van der Waals surface area contributed by atoms with E-state index in [-0.39, 0.29) is 24.2 Å². The zero-order chi connectivity index (χ0) is 12.6. The van der Waals surface area contributed by atoms with Gasteiger partial charge in [0.15, 0.2) is 0 Å². The number of carbonyl (C=O) groups is 1. The van der Waals surface area contributed by atoms with Crippen LogP contribution in [-0.4, -0.2) is 36.1 Å². The molecule has 0 aliphatic carbocycles. The molecule has 0 aromatic carbocycles. The van der Waals surface area contributed by atoms with Gasteiger partial charge in [0.25, 0.3) is 0 Å². The van der Waals surface area contributed by atoms with Gasteiger partial charge in [0.2, 0.25) is 20.2 Å². The van der Waals surface area contributed by atoms with E-state index in [1.54, 1.807) is 0 Å². The van der Waals surface area contributed by atoms with Crippen molar-refractivity contribution in [3.63, 3.8) is 0 Å². The van der Waals surface area contributed by atoms with Crippen LogP contribution in [0.2, 0.25) is 5.28 Å². The molecule has 1 atom stereocenters. The quantitative estimate of drug-likeness (QED) is 0.596. The molecule has 2 heterocycles. The van der Waals surface area contributed by atoms with E-state index >= 15 is 0 Å². The highest BCUT2D eigenvalue weighted by molar-refractivity contribution is 8.14. The van der Waals surface area contributed by atoms with Gasteiger partial charge in [0, 0.05) is 23.6 Å². The summed E-state index contributed by atoms with van der Waals surface area (Å²) in [6.07, 6.45) is 2.58. The Bertz CT molecular complexity index is 546. The Labute approximate surface area is 107 Å². The Balaban J connectivity index is 2.24. The summed E-state index contributed by atoms with van der Waals surface area (Å²) >= 11 is 5.51. The molecule has 0 spiro atoms. The summed E-state index contributed by atoms with van der Waals surface area (Å²) in [6, 6.07) is 0. The SMILES string of the molecule is O=C1CC(S(=O)(=O)Cl)CN1c1cnc(Cl)nc1. The van der Waals surface area contributed by atoms with E-state index in [1.807, 2.05) is 0 Å². The molecule has 1 aromatic heterocycles. The van der Waals surface area contributed by atoms with Crippen LogP contribution in [0.25, 0.3) is 0 Å². The molecule has 9 heteroatoms. The van der Waals surface area contributed by atoms with E-state index in [4.69, 9.17) is 22.3 Å². The molecule has 1 unspecified atom stereocenters. The topological polar surface area (TPSA) is 80.2 Å². The molecule has 92 valence electrons. The van der Waals surface area contributed by atoms with E-state index < -0.39 is 14.3 Å². The lowest BCUT2D eigenvalue weighted by Gasteiger charge is -2.14. The second-order valence-corrected chi connectivity index (χ2v) is 6.76. The van der Waals surface area contributed by atoms with E-state index in [9.17, 15) is 13.2 Å². The fraction of sp³-hybridized carbons (Fsp3) is 0.375. The predicted octanol–water partition coefficient (Wildman–Crippen LogP) is 0.804. The molecular weight excluding hydrogens is 289 g/mol. The highest BCUT2D eigenvalue weighted by Crippen LogP contribution is 2.25. The van der Waals surface area contributed by atoms with E-state index in [0.29, 0.717) is 5.69 Å². The van der Waals surface area contributed by atoms with Crippen LogP contribution in [0.5, 0.6) is 0 Å². The summed E-state index contributed by atoms with van der Waals surface area (Å²) in [5.41, 5.74) is 0.405. The van der Waals surface area contributed by atoms with Gasteiger partial charge < -0.3 is 4.90 Å². The zero-order valence-corrected chi connectivity index (χ0v) is 10.7. The first-order chi connectivity index (χ1) is 7.88. The summed E-state index contributed by atoms with van der Waals surface area (Å²) in [5.74, 6) is -0.329. The fourth-order valence-electron chi connectivity index (χ4n) is 1.56. The lowest BCUT2D eigenvalue weighted by molar-refractivity contribution is -0.117. The van der Waals surface area contributed by atoms with E-state index in [0.717, 1.165) is 0 Å². The minimum Gasteiger partial charge on any atom is -0.308 e. The normalized spacial score (nSPS) is 20.9. The van der Waals surface area contributed by atoms with Crippen molar-refractivity contribution in [1.29, 1.82) is 0 Å². The lowest BCUT2D eigenvalue weighted by Crippen LogP contribution is -2.26. The number of hydrogen-bond donors (Lipinski definition) is 0. The Hall–Kier alpha value is -0.920. The van der Waals surface area contributed by atoms with Crippen molar-refractivity contribution in [2.75, 3.05) is 11.4 Å². The van der Waals surface area contributed by atoms with Gasteiger partial charge in [-0.25, -0.2) is 18.4 Å². The molecule has 1 saturated heterocycles. The summed E-state index contributed by atoms with van der Waals surface area (Å²) in [6.45, 7) is 0.00958. The first-order valence-electron chi connectivity index (χ1n) is 4.59. The standard InChI is InChI=1S/C8H7Cl2N3O3S/c9-8-11-2-5(3-12-8)13-4-6(1-7(13)14)17(10,15)16/h2-3,6H,1,4H2. The van der Waals surface area contributed by atoms with Crippen molar-refractivity contribution in [3.8, 4) is 0 Å². The van der Waals surface area contributed by atoms with Gasteiger partial charge >= 0.3 is 0 Å². The molecule has 17 heavy (non-hydrogen) atoms. The number of nitrogens with zero attached hydrogens (tertiary/aromatic N) is 3. The summed E-state index contributed by atoms with van der Waals surface area (Å²) < 4.78 is 22.3. The summed E-state index contributed by atoms with van der Waals surface area (Å²) in [5, 5.41) is -0.839. The molecule has 6 nitrogen and oxygen atoms in total. The Kier molecular flexibility index (Phi) is 3.24. The maximum atomic E-state index is 11.6. The third kappa shape index (κ3) is 2.67. The van der Waals surface area contributed by atoms with Crippen LogP contribution in [-0.2, 0) is 13.8 Å². The number of anilines is 1. The molecule has 1 aromatic rings. The third-order valence-electron chi connectivity index (χ3n) is 2.41. The Morgan fingerprint density at radius 3 is 2.41 bits per heavy atom. The molecule has 2 rings (SSSR count). The maximum Gasteiger partial charge on any atom is 0.237 e. The Morgan fingerprint density at radius 1 is 1.35 bits per heavy atom. The van der Waals surface area contributed by atoms with Crippen LogP contribution in [0, 0.1) is 0 Å². The van der Waals surface area contributed by atoms with Gasteiger partial charge in [0.1, 0.15) is 5.25 Å². The van der Waals surface area contributed by atoms with Crippen molar-refractivity contribution in [3.05, 3.63) is 17.7 Å². The second-order valence-electron chi connectivity index (χ2n) is 3.52. The molecule has 1 aliphatic rings. The molecular formula is C8H7Cl2N3O3S. The molecule has 0 saturated carbocycles. The van der Waals surface area contributed by atoms with Crippen LogP contribution in [0.4, 0.5) is 5.69 Å². The minimum absolute atomic E-state index is 0.00958. The van der Waals surface area contributed by atoms with Gasteiger partial charge in [-0.3, -0.25) is 4.79 Å². The van der Waals surface area contributed by atoms with Crippen LogP contribution < -0.4 is 4.90 Å². The van der Waals surface area contributed by atoms with Gasteiger partial charge in [-0.1, -0.05) is 0 Å². The molecule has 1 fully saturated rings. The van der Waals surface area contributed by atoms with Crippen molar-refractivity contribution >= 4 is 42.9 Å². The van der Waals surface area contributed by atoms with Crippen LogP contribution in [0.3, 0.4) is 0 Å². The van der Waals surface area contributed by atoms with Crippen LogP contribution in [0.15, 0.2) is 12.4 Å². The first-order valence-corrected chi connectivity index (χ1v) is 7.34. The van der Waals surface area contributed by atoms with Crippen molar-refractivity contribution in [2.24, 2.45) is 0 Å². The number of aromatic nitrogens is 2. The number of hydrogen-bond acceptors (Lipinski definition) is 5. The van der Waals surface area contributed by atoms with E-state index in [1.165, 1.54) is 17.3 Å². The Morgan fingerprint density at radius 2 is 1.94 bits per heavy atom. The highest BCUT2D eigenvalue weighted by atomic mass is 35.7. The second kappa shape index (κ2) is 4.40. The minimum atomic E-state index is -3.74. The largest absolute Gasteiger partial charge is 0.308 e. The van der Waals surface area contributed by atoms with E-state index in [2.05, 4.69) is 9.97 Å². The first kappa shape index (κ1) is 12.5. The van der Waals surface area contributed by atoms with Crippen molar-refractivity contribution < 1.29 is 13.2 Å². The van der Waals surface area contributed by atoms with Gasteiger partial charge in [0.05, 0.1) is 18.1 Å². The number of halogens is 2. The van der Waals surface area contributed by atoms with Gasteiger partial charge in [-0.05, 0) is 11.6 Å². The maximum absolute atomic E-state index is 11.6. The molecule has 0 bridgehead atoms. The highest BCUT2D eigenvalue weighted by Gasteiger charge is 2.38. The average molecular weight is 296 g/mol. The monoisotopic (exact) mass is 295 g/mol. The van der Waals surface area contributed by atoms with Gasteiger partial charge in [-0.15, -0.1) is 0 Å². The molecule has 1 amide bonds. The average Bonchev–Trinajstić information content (AvgIpc) is 2.61. The number of carbonyl (C=O) groups excluding carboxylic acids is 1. The molecule has 1 aliphatic heterocycles. The lowest BCUT2D eigenvalue weighted by atomic mass is 10.4. The number of amides is 1. The zero-order valence-electron chi connectivity index (χ0n) is 8.38. The molecule has 0 radical (unpaired) electrons. The predicted molar refractivity (Wildman–Crippen MR) is 62.6 cm³/mol. The summed E-state index contributed by atoms with van der Waals surface area (Å²) in [7, 11) is 1.48.